The Morgan fingerprint density at radius 2 is 1.79 bits per heavy atom. The van der Waals surface area contributed by atoms with Crippen molar-refractivity contribution in [2.75, 3.05) is 0 Å². The molecule has 2 aliphatic rings. The van der Waals surface area contributed by atoms with Gasteiger partial charge in [0.25, 0.3) is 0 Å². The molecule has 2 fully saturated rings. The molecule has 0 aromatic heterocycles. The van der Waals surface area contributed by atoms with Crippen LogP contribution in [0.15, 0.2) is 0 Å². The van der Waals surface area contributed by atoms with Crippen molar-refractivity contribution in [3.8, 4) is 0 Å². The lowest BCUT2D eigenvalue weighted by atomic mass is 9.63. The number of carbonyl (C=O) groups excluding carboxylic acids is 1. The highest BCUT2D eigenvalue weighted by Gasteiger charge is 2.48. The monoisotopic (exact) mass is 266 g/mol. The number of carbonyl (C=O) groups is 1. The van der Waals surface area contributed by atoms with E-state index in [1.54, 1.807) is 0 Å². The van der Waals surface area contributed by atoms with Crippen LogP contribution in [-0.4, -0.2) is 17.5 Å². The van der Waals surface area contributed by atoms with Gasteiger partial charge in [-0.1, -0.05) is 40.0 Å². The third kappa shape index (κ3) is 3.13. The summed E-state index contributed by atoms with van der Waals surface area (Å²) >= 11 is 0. The second kappa shape index (κ2) is 5.43. The fourth-order valence-corrected chi connectivity index (χ4v) is 4.15. The van der Waals surface area contributed by atoms with E-state index in [0.29, 0.717) is 17.4 Å². The third-order valence-electron chi connectivity index (χ3n) is 5.40. The van der Waals surface area contributed by atoms with Crippen molar-refractivity contribution in [1.82, 2.24) is 5.32 Å². The van der Waals surface area contributed by atoms with Crippen molar-refractivity contribution in [3.05, 3.63) is 0 Å². The molecule has 0 aromatic rings. The predicted octanol–water partition coefficient (Wildman–Crippen LogP) is 2.98. The first-order valence-corrected chi connectivity index (χ1v) is 7.93. The van der Waals surface area contributed by atoms with Crippen molar-refractivity contribution < 1.29 is 4.79 Å². The number of primary amides is 1. The van der Waals surface area contributed by atoms with E-state index in [1.165, 1.54) is 32.1 Å². The topological polar surface area (TPSA) is 55.1 Å². The Kier molecular flexibility index (Phi) is 4.24. The lowest BCUT2D eigenvalue weighted by Gasteiger charge is -2.49. The predicted molar refractivity (Wildman–Crippen MR) is 78.7 cm³/mol. The summed E-state index contributed by atoms with van der Waals surface area (Å²) < 4.78 is 0. The molecule has 19 heavy (non-hydrogen) atoms. The SMILES string of the molecule is CC1CC(C)(C)CCC1(NC1CCCCC1)C(N)=O. The summed E-state index contributed by atoms with van der Waals surface area (Å²) in [4.78, 5) is 12.1. The van der Waals surface area contributed by atoms with Gasteiger partial charge in [0.15, 0.2) is 0 Å². The maximum atomic E-state index is 12.1. The molecule has 3 heteroatoms. The molecule has 2 aliphatic carbocycles. The van der Waals surface area contributed by atoms with Crippen LogP contribution in [0.5, 0.6) is 0 Å². The summed E-state index contributed by atoms with van der Waals surface area (Å²) in [5.41, 5.74) is 5.68. The Morgan fingerprint density at radius 3 is 2.32 bits per heavy atom. The molecule has 0 spiro atoms. The standard InChI is InChI=1S/C16H30N2O/c1-12-11-15(2,3)9-10-16(12,14(17)19)18-13-7-5-4-6-8-13/h12-13,18H,4-11H2,1-3H3,(H2,17,19). The van der Waals surface area contributed by atoms with Crippen molar-refractivity contribution in [2.45, 2.75) is 83.7 Å². The summed E-state index contributed by atoms with van der Waals surface area (Å²) in [6, 6.07) is 0.491. The van der Waals surface area contributed by atoms with E-state index in [-0.39, 0.29) is 5.91 Å². The largest absolute Gasteiger partial charge is 0.368 e. The molecule has 110 valence electrons. The van der Waals surface area contributed by atoms with Gasteiger partial charge in [-0.05, 0) is 43.4 Å². The summed E-state index contributed by atoms with van der Waals surface area (Å²) in [6.07, 6.45) is 9.36. The normalized spacial score (nSPS) is 36.1. The van der Waals surface area contributed by atoms with Gasteiger partial charge in [0.2, 0.25) is 5.91 Å². The number of hydrogen-bond donors (Lipinski definition) is 2. The smallest absolute Gasteiger partial charge is 0.238 e. The minimum atomic E-state index is -0.461. The minimum absolute atomic E-state index is 0.138. The number of nitrogens with two attached hydrogens (primary N) is 1. The Bertz CT molecular complexity index is 334. The number of hydrogen-bond acceptors (Lipinski definition) is 2. The van der Waals surface area contributed by atoms with Crippen LogP contribution < -0.4 is 11.1 Å². The van der Waals surface area contributed by atoms with Gasteiger partial charge in [0.1, 0.15) is 5.54 Å². The minimum Gasteiger partial charge on any atom is -0.368 e. The molecule has 0 heterocycles. The van der Waals surface area contributed by atoms with Gasteiger partial charge in [-0.2, -0.15) is 0 Å². The van der Waals surface area contributed by atoms with E-state index in [2.05, 4.69) is 26.1 Å². The second-order valence-corrected chi connectivity index (χ2v) is 7.58. The number of rotatable bonds is 3. The van der Waals surface area contributed by atoms with Crippen LogP contribution in [-0.2, 0) is 4.79 Å². The molecule has 0 aliphatic heterocycles. The molecule has 0 radical (unpaired) electrons. The maximum Gasteiger partial charge on any atom is 0.238 e. The average molecular weight is 266 g/mol. The third-order valence-corrected chi connectivity index (χ3v) is 5.40. The zero-order chi connectivity index (χ0) is 14.1. The van der Waals surface area contributed by atoms with Gasteiger partial charge in [0.05, 0.1) is 0 Å². The summed E-state index contributed by atoms with van der Waals surface area (Å²) in [5.74, 6) is 0.191. The van der Waals surface area contributed by atoms with Gasteiger partial charge in [0, 0.05) is 6.04 Å². The maximum absolute atomic E-state index is 12.1. The van der Waals surface area contributed by atoms with E-state index in [9.17, 15) is 4.79 Å². The first-order chi connectivity index (χ1) is 8.86. The first kappa shape index (κ1) is 14.8. The van der Waals surface area contributed by atoms with Gasteiger partial charge >= 0.3 is 0 Å². The van der Waals surface area contributed by atoms with Crippen molar-refractivity contribution in [2.24, 2.45) is 17.1 Å². The van der Waals surface area contributed by atoms with Crippen molar-refractivity contribution >= 4 is 5.91 Å². The van der Waals surface area contributed by atoms with Crippen LogP contribution >= 0.6 is 0 Å². The molecular weight excluding hydrogens is 236 g/mol. The molecule has 0 aromatic carbocycles. The highest BCUT2D eigenvalue weighted by atomic mass is 16.1. The molecule has 1 amide bonds. The summed E-state index contributed by atoms with van der Waals surface area (Å²) in [6.45, 7) is 6.80. The van der Waals surface area contributed by atoms with Crippen LogP contribution in [0.25, 0.3) is 0 Å². The van der Waals surface area contributed by atoms with E-state index < -0.39 is 5.54 Å². The molecule has 3 nitrogen and oxygen atoms in total. The first-order valence-electron chi connectivity index (χ1n) is 7.93. The van der Waals surface area contributed by atoms with Crippen LogP contribution in [0.2, 0.25) is 0 Å². The van der Waals surface area contributed by atoms with E-state index in [4.69, 9.17) is 5.73 Å². The van der Waals surface area contributed by atoms with Gasteiger partial charge < -0.3 is 11.1 Å². The lowest BCUT2D eigenvalue weighted by molar-refractivity contribution is -0.130. The molecule has 2 atom stereocenters. The lowest BCUT2D eigenvalue weighted by Crippen LogP contribution is -2.65. The van der Waals surface area contributed by atoms with Gasteiger partial charge in [-0.3, -0.25) is 4.79 Å². The molecule has 2 saturated carbocycles. The molecule has 3 N–H and O–H groups in total. The molecule has 2 unspecified atom stereocenters. The number of amides is 1. The van der Waals surface area contributed by atoms with E-state index >= 15 is 0 Å². The molecular formula is C16H30N2O. The Labute approximate surface area is 117 Å². The van der Waals surface area contributed by atoms with Crippen LogP contribution in [0.1, 0.15) is 72.1 Å². The fraction of sp³-hybridized carbons (Fsp3) is 0.938. The van der Waals surface area contributed by atoms with Crippen molar-refractivity contribution in [1.29, 1.82) is 0 Å². The average Bonchev–Trinajstić information content (AvgIpc) is 2.33. The Morgan fingerprint density at radius 1 is 1.16 bits per heavy atom. The fourth-order valence-electron chi connectivity index (χ4n) is 4.15. The zero-order valence-electron chi connectivity index (χ0n) is 12.8. The summed E-state index contributed by atoms with van der Waals surface area (Å²) in [5, 5.41) is 3.68. The Balaban J connectivity index is 2.11. The van der Waals surface area contributed by atoms with E-state index in [1.807, 2.05) is 0 Å². The van der Waals surface area contributed by atoms with Gasteiger partial charge in [-0.25, -0.2) is 0 Å². The highest BCUT2D eigenvalue weighted by Crippen LogP contribution is 2.44. The molecule has 2 rings (SSSR count). The highest BCUT2D eigenvalue weighted by molar-refractivity contribution is 5.85. The zero-order valence-corrected chi connectivity index (χ0v) is 12.8. The van der Waals surface area contributed by atoms with Crippen molar-refractivity contribution in [3.63, 3.8) is 0 Å². The number of nitrogens with one attached hydrogen (secondary N) is 1. The van der Waals surface area contributed by atoms with E-state index in [0.717, 1.165) is 19.3 Å². The van der Waals surface area contributed by atoms with Gasteiger partial charge in [-0.15, -0.1) is 0 Å². The second-order valence-electron chi connectivity index (χ2n) is 7.58. The van der Waals surface area contributed by atoms with Crippen LogP contribution in [0.4, 0.5) is 0 Å². The van der Waals surface area contributed by atoms with Crippen LogP contribution in [0.3, 0.4) is 0 Å². The quantitative estimate of drug-likeness (QED) is 0.825. The van der Waals surface area contributed by atoms with Crippen LogP contribution in [0, 0.1) is 11.3 Å². The summed E-state index contributed by atoms with van der Waals surface area (Å²) in [7, 11) is 0. The Hall–Kier alpha value is -0.570. The molecule has 0 saturated heterocycles. The molecule has 0 bridgehead atoms.